The largest absolute Gasteiger partial charge is 0.396 e. The fraction of sp³-hybridized carbons (Fsp3) is 0.600. The predicted octanol–water partition coefficient (Wildman–Crippen LogP) is 3.60. The van der Waals surface area contributed by atoms with Crippen LogP contribution in [-0.2, 0) is 0 Å². The maximum Gasteiger partial charge on any atom is 0.0471 e. The number of hydrogen-bond donors (Lipinski definition) is 1. The summed E-state index contributed by atoms with van der Waals surface area (Å²) in [4.78, 5) is 2.54. The van der Waals surface area contributed by atoms with E-state index in [1.165, 1.54) is 18.4 Å². The van der Waals surface area contributed by atoms with Gasteiger partial charge in [-0.15, -0.1) is 0 Å². The summed E-state index contributed by atoms with van der Waals surface area (Å²) in [5.41, 5.74) is 1.39. The lowest BCUT2D eigenvalue weighted by Crippen LogP contribution is -2.39. The molecule has 2 unspecified atom stereocenters. The summed E-state index contributed by atoms with van der Waals surface area (Å²) in [7, 11) is 0. The monoisotopic (exact) mass is 311 g/mol. The summed E-state index contributed by atoms with van der Waals surface area (Å²) in [5, 5.41) is 9.34. The van der Waals surface area contributed by atoms with Crippen LogP contribution in [0.4, 0.5) is 0 Å². The topological polar surface area (TPSA) is 23.5 Å². The average molecular weight is 312 g/mol. The first-order chi connectivity index (χ1) is 8.74. The van der Waals surface area contributed by atoms with Crippen molar-refractivity contribution >= 4 is 15.9 Å². The Morgan fingerprint density at radius 1 is 1.39 bits per heavy atom. The van der Waals surface area contributed by atoms with E-state index >= 15 is 0 Å². The quantitative estimate of drug-likeness (QED) is 0.918. The minimum atomic E-state index is 0.327. The van der Waals surface area contributed by atoms with E-state index in [1.54, 1.807) is 0 Å². The Hall–Kier alpha value is -0.380. The van der Waals surface area contributed by atoms with Crippen molar-refractivity contribution in [2.45, 2.75) is 32.2 Å². The summed E-state index contributed by atoms with van der Waals surface area (Å²) < 4.78 is 1.13. The van der Waals surface area contributed by atoms with Gasteiger partial charge in [0, 0.05) is 23.7 Å². The summed E-state index contributed by atoms with van der Waals surface area (Å²) in [6.07, 6.45) is 3.50. The third kappa shape index (κ3) is 3.34. The van der Waals surface area contributed by atoms with Crippen LogP contribution in [-0.4, -0.2) is 29.7 Å². The van der Waals surface area contributed by atoms with Crippen molar-refractivity contribution < 1.29 is 5.11 Å². The molecule has 0 aliphatic carbocycles. The molecular formula is C15H22BrNO. The van der Waals surface area contributed by atoms with Crippen LogP contribution in [0.5, 0.6) is 0 Å². The van der Waals surface area contributed by atoms with Crippen LogP contribution < -0.4 is 0 Å². The van der Waals surface area contributed by atoms with Crippen molar-refractivity contribution in [2.75, 3.05) is 19.7 Å². The molecule has 0 saturated carbocycles. The fourth-order valence-corrected chi connectivity index (χ4v) is 3.18. The van der Waals surface area contributed by atoms with Gasteiger partial charge in [-0.3, -0.25) is 4.90 Å². The molecule has 18 heavy (non-hydrogen) atoms. The van der Waals surface area contributed by atoms with Crippen molar-refractivity contribution in [3.8, 4) is 0 Å². The van der Waals surface area contributed by atoms with Crippen LogP contribution in [0.3, 0.4) is 0 Å². The highest BCUT2D eigenvalue weighted by Crippen LogP contribution is 2.29. The molecule has 1 heterocycles. The van der Waals surface area contributed by atoms with Gasteiger partial charge in [0.05, 0.1) is 0 Å². The third-order valence-electron chi connectivity index (χ3n) is 3.89. The van der Waals surface area contributed by atoms with Crippen molar-refractivity contribution in [3.63, 3.8) is 0 Å². The summed E-state index contributed by atoms with van der Waals surface area (Å²) >= 11 is 3.49. The lowest BCUT2D eigenvalue weighted by molar-refractivity contribution is 0.0858. The number of likely N-dealkylation sites (tertiary alicyclic amines) is 1. The number of halogens is 1. The zero-order valence-electron chi connectivity index (χ0n) is 11.0. The highest BCUT2D eigenvalue weighted by Gasteiger charge is 2.25. The maximum absolute atomic E-state index is 9.34. The first-order valence-corrected chi connectivity index (χ1v) is 7.64. The van der Waals surface area contributed by atoms with Crippen LogP contribution in [0.1, 0.15) is 37.8 Å². The van der Waals surface area contributed by atoms with Crippen LogP contribution in [0.2, 0.25) is 0 Å². The van der Waals surface area contributed by atoms with Crippen molar-refractivity contribution in [1.29, 1.82) is 0 Å². The van der Waals surface area contributed by atoms with Gasteiger partial charge in [0.25, 0.3) is 0 Å². The van der Waals surface area contributed by atoms with E-state index in [-0.39, 0.29) is 0 Å². The predicted molar refractivity (Wildman–Crippen MR) is 78.6 cm³/mol. The Kier molecular flexibility index (Phi) is 5.22. The molecular weight excluding hydrogens is 290 g/mol. The van der Waals surface area contributed by atoms with Gasteiger partial charge in [0.1, 0.15) is 0 Å². The van der Waals surface area contributed by atoms with Crippen LogP contribution in [0.15, 0.2) is 28.7 Å². The Morgan fingerprint density at radius 2 is 2.11 bits per heavy atom. The molecule has 100 valence electrons. The molecule has 2 nitrogen and oxygen atoms in total. The number of aliphatic hydroxyl groups excluding tert-OH is 1. The van der Waals surface area contributed by atoms with Crippen molar-refractivity contribution in [2.24, 2.45) is 5.92 Å². The molecule has 1 aliphatic rings. The van der Waals surface area contributed by atoms with E-state index in [0.717, 1.165) is 24.0 Å². The van der Waals surface area contributed by atoms with Gasteiger partial charge in [-0.1, -0.05) is 35.0 Å². The zero-order valence-corrected chi connectivity index (χ0v) is 12.6. The maximum atomic E-state index is 9.34. The smallest absolute Gasteiger partial charge is 0.0471 e. The molecule has 0 amide bonds. The van der Waals surface area contributed by atoms with Gasteiger partial charge in [-0.25, -0.2) is 0 Å². The molecule has 1 saturated heterocycles. The molecule has 1 aromatic carbocycles. The summed E-state index contributed by atoms with van der Waals surface area (Å²) in [6.45, 7) is 4.76. The molecule has 2 rings (SSSR count). The molecule has 0 bridgehead atoms. The first-order valence-electron chi connectivity index (χ1n) is 6.85. The minimum absolute atomic E-state index is 0.327. The van der Waals surface area contributed by atoms with E-state index in [1.807, 2.05) is 0 Å². The number of benzene rings is 1. The van der Waals surface area contributed by atoms with Gasteiger partial charge < -0.3 is 5.11 Å². The average Bonchev–Trinajstić information content (AvgIpc) is 2.42. The minimum Gasteiger partial charge on any atom is -0.396 e. The Morgan fingerprint density at radius 3 is 2.72 bits per heavy atom. The number of rotatable bonds is 4. The van der Waals surface area contributed by atoms with Gasteiger partial charge >= 0.3 is 0 Å². The van der Waals surface area contributed by atoms with Gasteiger partial charge in [0.2, 0.25) is 0 Å². The summed E-state index contributed by atoms with van der Waals surface area (Å²) in [6, 6.07) is 9.14. The molecule has 1 aromatic rings. The van der Waals surface area contributed by atoms with Gasteiger partial charge in [0.15, 0.2) is 0 Å². The molecule has 0 spiro atoms. The Labute approximate surface area is 118 Å². The second-order valence-electron chi connectivity index (χ2n) is 5.16. The van der Waals surface area contributed by atoms with E-state index in [2.05, 4.69) is 52.0 Å². The molecule has 3 heteroatoms. The zero-order chi connectivity index (χ0) is 13.0. The molecule has 1 aliphatic heterocycles. The van der Waals surface area contributed by atoms with Crippen LogP contribution in [0.25, 0.3) is 0 Å². The highest BCUT2D eigenvalue weighted by atomic mass is 79.9. The van der Waals surface area contributed by atoms with E-state index in [4.69, 9.17) is 0 Å². The lowest BCUT2D eigenvalue weighted by Gasteiger charge is -2.37. The van der Waals surface area contributed by atoms with Crippen LogP contribution >= 0.6 is 15.9 Å². The number of hydrogen-bond acceptors (Lipinski definition) is 2. The number of nitrogens with zero attached hydrogens (tertiary/aromatic N) is 1. The molecule has 1 fully saturated rings. The molecule has 1 N–H and O–H groups in total. The Bertz CT molecular complexity index is 365. The van der Waals surface area contributed by atoms with E-state index < -0.39 is 0 Å². The van der Waals surface area contributed by atoms with Gasteiger partial charge in [-0.2, -0.15) is 0 Å². The van der Waals surface area contributed by atoms with E-state index in [9.17, 15) is 5.11 Å². The van der Waals surface area contributed by atoms with Crippen molar-refractivity contribution in [1.82, 2.24) is 4.90 Å². The normalized spacial score (nSPS) is 22.9. The number of piperidine rings is 1. The second kappa shape index (κ2) is 6.69. The van der Waals surface area contributed by atoms with Gasteiger partial charge in [-0.05, 0) is 49.4 Å². The standard InChI is InChI=1S/C15H22BrNO/c1-2-15(13-5-7-14(16)8-6-13)17-9-3-4-12(10-17)11-18/h5-8,12,15,18H,2-4,9-11H2,1H3. The molecule has 2 atom stereocenters. The second-order valence-corrected chi connectivity index (χ2v) is 6.08. The van der Waals surface area contributed by atoms with Crippen molar-refractivity contribution in [3.05, 3.63) is 34.3 Å². The van der Waals surface area contributed by atoms with Crippen LogP contribution in [0, 0.1) is 5.92 Å². The summed E-state index contributed by atoms with van der Waals surface area (Å²) in [5.74, 6) is 0.461. The molecule has 0 radical (unpaired) electrons. The number of aliphatic hydroxyl groups is 1. The fourth-order valence-electron chi connectivity index (χ4n) is 2.92. The highest BCUT2D eigenvalue weighted by molar-refractivity contribution is 9.10. The SMILES string of the molecule is CCC(c1ccc(Br)cc1)N1CCCC(CO)C1. The lowest BCUT2D eigenvalue weighted by atomic mass is 9.94. The van der Waals surface area contributed by atoms with E-state index in [0.29, 0.717) is 18.6 Å². The Balaban J connectivity index is 2.10. The first kappa shape index (κ1) is 14.0. The molecule has 0 aromatic heterocycles. The third-order valence-corrected chi connectivity index (χ3v) is 4.42.